The third kappa shape index (κ3) is 4.90. The summed E-state index contributed by atoms with van der Waals surface area (Å²) in [6, 6.07) is 10.4. The Morgan fingerprint density at radius 1 is 1.16 bits per heavy atom. The van der Waals surface area contributed by atoms with E-state index in [1.54, 1.807) is 6.20 Å². The van der Waals surface area contributed by atoms with Gasteiger partial charge in [-0.15, -0.1) is 0 Å². The first-order chi connectivity index (χ1) is 12.1. The molecule has 0 aliphatic carbocycles. The van der Waals surface area contributed by atoms with Crippen LogP contribution in [-0.2, 0) is 13.1 Å². The second kappa shape index (κ2) is 8.27. The van der Waals surface area contributed by atoms with Gasteiger partial charge in [0.25, 0.3) is 0 Å². The zero-order valence-electron chi connectivity index (χ0n) is 15.0. The minimum atomic E-state index is -0.128. The molecule has 1 aliphatic heterocycles. The van der Waals surface area contributed by atoms with E-state index in [1.165, 1.54) is 11.1 Å². The fourth-order valence-corrected chi connectivity index (χ4v) is 3.05. The molecule has 1 aromatic carbocycles. The smallest absolute Gasteiger partial charge is 0.226 e. The number of hydrogen-bond donors (Lipinski definition) is 2. The van der Waals surface area contributed by atoms with Gasteiger partial charge in [-0.1, -0.05) is 24.3 Å². The normalized spacial score (nSPS) is 16.0. The third-order valence-corrected chi connectivity index (χ3v) is 4.57. The Labute approximate surface area is 149 Å². The molecule has 1 aromatic heterocycles. The molecule has 1 saturated heterocycles. The van der Waals surface area contributed by atoms with Crippen molar-refractivity contribution >= 4 is 11.8 Å². The van der Waals surface area contributed by atoms with Gasteiger partial charge in [0.2, 0.25) is 5.95 Å². The molecular weight excluding hydrogens is 314 g/mol. The first-order valence-electron chi connectivity index (χ1n) is 8.83. The molecule has 6 nitrogen and oxygen atoms in total. The molecule has 2 heterocycles. The van der Waals surface area contributed by atoms with Gasteiger partial charge in [0.15, 0.2) is 0 Å². The summed E-state index contributed by atoms with van der Waals surface area (Å²) < 4.78 is 0. The number of likely N-dealkylation sites (tertiary alicyclic amines) is 1. The summed E-state index contributed by atoms with van der Waals surface area (Å²) in [5.41, 5.74) is 2.60. The molecule has 0 radical (unpaired) electrons. The van der Waals surface area contributed by atoms with Gasteiger partial charge in [-0.05, 0) is 30.0 Å². The van der Waals surface area contributed by atoms with E-state index in [0.717, 1.165) is 44.8 Å². The van der Waals surface area contributed by atoms with E-state index >= 15 is 0 Å². The highest BCUT2D eigenvalue weighted by molar-refractivity contribution is 5.41. The Hall–Kier alpha value is -2.18. The summed E-state index contributed by atoms with van der Waals surface area (Å²) in [5.74, 6) is 1.53. The SMILES string of the molecule is CN(C)c1nccc(NCc2ccccc2CN2CCC(O)CC2)n1. The summed E-state index contributed by atoms with van der Waals surface area (Å²) in [7, 11) is 3.87. The highest BCUT2D eigenvalue weighted by atomic mass is 16.3. The molecule has 1 fully saturated rings. The van der Waals surface area contributed by atoms with Crippen LogP contribution in [0.4, 0.5) is 11.8 Å². The van der Waals surface area contributed by atoms with E-state index in [1.807, 2.05) is 25.1 Å². The predicted octanol–water partition coefficient (Wildman–Crippen LogP) is 2.11. The largest absolute Gasteiger partial charge is 0.393 e. The quantitative estimate of drug-likeness (QED) is 0.839. The lowest BCUT2D eigenvalue weighted by atomic mass is 10.0. The zero-order valence-corrected chi connectivity index (χ0v) is 15.0. The van der Waals surface area contributed by atoms with E-state index in [0.29, 0.717) is 5.95 Å². The molecular formula is C19H27N5O. The number of rotatable bonds is 6. The first kappa shape index (κ1) is 17.6. The van der Waals surface area contributed by atoms with E-state index in [2.05, 4.69) is 44.5 Å². The lowest BCUT2D eigenvalue weighted by Gasteiger charge is -2.30. The summed E-state index contributed by atoms with van der Waals surface area (Å²) in [6.07, 6.45) is 3.38. The van der Waals surface area contributed by atoms with Crippen molar-refractivity contribution in [3.8, 4) is 0 Å². The van der Waals surface area contributed by atoms with Crippen LogP contribution < -0.4 is 10.2 Å². The summed E-state index contributed by atoms with van der Waals surface area (Å²) in [5, 5.41) is 13.1. The molecule has 134 valence electrons. The number of aliphatic hydroxyl groups is 1. The van der Waals surface area contributed by atoms with Gasteiger partial charge in [0.1, 0.15) is 5.82 Å². The van der Waals surface area contributed by atoms with Crippen LogP contribution in [0.3, 0.4) is 0 Å². The summed E-state index contributed by atoms with van der Waals surface area (Å²) in [4.78, 5) is 13.1. The number of hydrogen-bond acceptors (Lipinski definition) is 6. The van der Waals surface area contributed by atoms with Gasteiger partial charge in [-0.3, -0.25) is 4.90 Å². The van der Waals surface area contributed by atoms with E-state index < -0.39 is 0 Å². The van der Waals surface area contributed by atoms with Crippen molar-refractivity contribution in [1.29, 1.82) is 0 Å². The Kier molecular flexibility index (Phi) is 5.83. The minimum Gasteiger partial charge on any atom is -0.393 e. The average molecular weight is 341 g/mol. The Bertz CT molecular complexity index is 683. The van der Waals surface area contributed by atoms with Crippen LogP contribution in [0, 0.1) is 0 Å². The second-order valence-electron chi connectivity index (χ2n) is 6.77. The Balaban J connectivity index is 1.64. The molecule has 2 aromatic rings. The lowest BCUT2D eigenvalue weighted by Crippen LogP contribution is -2.35. The topological polar surface area (TPSA) is 64.5 Å². The number of anilines is 2. The van der Waals surface area contributed by atoms with Crippen molar-refractivity contribution in [2.75, 3.05) is 37.4 Å². The maximum absolute atomic E-state index is 9.67. The molecule has 0 atom stereocenters. The van der Waals surface area contributed by atoms with Crippen LogP contribution in [0.2, 0.25) is 0 Å². The lowest BCUT2D eigenvalue weighted by molar-refractivity contribution is 0.0791. The van der Waals surface area contributed by atoms with Crippen LogP contribution >= 0.6 is 0 Å². The predicted molar refractivity (Wildman–Crippen MR) is 101 cm³/mol. The van der Waals surface area contributed by atoms with Crippen molar-refractivity contribution in [2.24, 2.45) is 0 Å². The van der Waals surface area contributed by atoms with Gasteiger partial charge in [-0.25, -0.2) is 4.98 Å². The number of aromatic nitrogens is 2. The number of nitrogens with zero attached hydrogens (tertiary/aromatic N) is 4. The summed E-state index contributed by atoms with van der Waals surface area (Å²) >= 11 is 0. The monoisotopic (exact) mass is 341 g/mol. The standard InChI is InChI=1S/C19H27N5O/c1-23(2)19-20-10-7-18(22-19)21-13-15-5-3-4-6-16(15)14-24-11-8-17(25)9-12-24/h3-7,10,17,25H,8-9,11-14H2,1-2H3,(H,20,21,22). The van der Waals surface area contributed by atoms with E-state index in [4.69, 9.17) is 0 Å². The van der Waals surface area contributed by atoms with Crippen molar-refractivity contribution in [3.63, 3.8) is 0 Å². The number of piperidine rings is 1. The highest BCUT2D eigenvalue weighted by Gasteiger charge is 2.17. The van der Waals surface area contributed by atoms with Gasteiger partial charge in [0.05, 0.1) is 6.10 Å². The van der Waals surface area contributed by atoms with Crippen LogP contribution in [0.1, 0.15) is 24.0 Å². The zero-order chi connectivity index (χ0) is 17.6. The van der Waals surface area contributed by atoms with Crippen molar-refractivity contribution < 1.29 is 5.11 Å². The van der Waals surface area contributed by atoms with E-state index in [9.17, 15) is 5.11 Å². The molecule has 1 aliphatic rings. The maximum atomic E-state index is 9.67. The van der Waals surface area contributed by atoms with Crippen LogP contribution in [0.15, 0.2) is 36.5 Å². The Morgan fingerprint density at radius 3 is 2.60 bits per heavy atom. The van der Waals surface area contributed by atoms with Crippen molar-refractivity contribution in [1.82, 2.24) is 14.9 Å². The van der Waals surface area contributed by atoms with Gasteiger partial charge < -0.3 is 15.3 Å². The molecule has 3 rings (SSSR count). The third-order valence-electron chi connectivity index (χ3n) is 4.57. The summed E-state index contributed by atoms with van der Waals surface area (Å²) in [6.45, 7) is 3.58. The second-order valence-corrected chi connectivity index (χ2v) is 6.77. The van der Waals surface area contributed by atoms with Gasteiger partial charge in [-0.2, -0.15) is 4.98 Å². The van der Waals surface area contributed by atoms with Crippen LogP contribution in [-0.4, -0.2) is 53.3 Å². The Morgan fingerprint density at radius 2 is 1.88 bits per heavy atom. The number of benzene rings is 1. The number of aliphatic hydroxyl groups excluding tert-OH is 1. The molecule has 25 heavy (non-hydrogen) atoms. The van der Waals surface area contributed by atoms with Crippen LogP contribution in [0.5, 0.6) is 0 Å². The molecule has 0 amide bonds. The highest BCUT2D eigenvalue weighted by Crippen LogP contribution is 2.18. The average Bonchev–Trinajstić information content (AvgIpc) is 2.63. The first-order valence-corrected chi connectivity index (χ1v) is 8.83. The fraction of sp³-hybridized carbons (Fsp3) is 0.474. The van der Waals surface area contributed by atoms with E-state index in [-0.39, 0.29) is 6.10 Å². The molecule has 2 N–H and O–H groups in total. The molecule has 6 heteroatoms. The van der Waals surface area contributed by atoms with Gasteiger partial charge >= 0.3 is 0 Å². The fourth-order valence-electron chi connectivity index (χ4n) is 3.05. The molecule has 0 bridgehead atoms. The van der Waals surface area contributed by atoms with Crippen molar-refractivity contribution in [3.05, 3.63) is 47.7 Å². The van der Waals surface area contributed by atoms with Gasteiger partial charge in [0, 0.05) is 46.5 Å². The minimum absolute atomic E-state index is 0.128. The molecule has 0 unspecified atom stereocenters. The molecule has 0 spiro atoms. The van der Waals surface area contributed by atoms with Crippen molar-refractivity contribution in [2.45, 2.75) is 32.0 Å². The van der Waals surface area contributed by atoms with Crippen LogP contribution in [0.25, 0.3) is 0 Å². The maximum Gasteiger partial charge on any atom is 0.226 e. The number of nitrogens with one attached hydrogen (secondary N) is 1. The molecule has 0 saturated carbocycles.